The van der Waals surface area contributed by atoms with Gasteiger partial charge in [-0.25, -0.2) is 0 Å². The zero-order valence-electron chi connectivity index (χ0n) is 17.3. The molecule has 0 aliphatic carbocycles. The van der Waals surface area contributed by atoms with Crippen LogP contribution in [0.25, 0.3) is 0 Å². The molecule has 1 aliphatic rings. The van der Waals surface area contributed by atoms with Crippen LogP contribution in [0, 0.1) is 6.92 Å². The van der Waals surface area contributed by atoms with Gasteiger partial charge in [0.05, 0.1) is 6.61 Å². The molecule has 1 heterocycles. The molecular weight excluding hydrogens is 334 g/mol. The van der Waals surface area contributed by atoms with Crippen LogP contribution in [0.4, 0.5) is 0 Å². The summed E-state index contributed by atoms with van der Waals surface area (Å²) < 4.78 is 12.2. The van der Waals surface area contributed by atoms with Crippen molar-refractivity contribution in [3.63, 3.8) is 0 Å². The van der Waals surface area contributed by atoms with Gasteiger partial charge in [0.1, 0.15) is 17.1 Å². The zero-order valence-corrected chi connectivity index (χ0v) is 17.3. The van der Waals surface area contributed by atoms with Crippen LogP contribution in [0.3, 0.4) is 0 Å². The molecule has 0 radical (unpaired) electrons. The minimum atomic E-state index is -0.161. The summed E-state index contributed by atoms with van der Waals surface area (Å²) in [6.45, 7) is 12.5. The van der Waals surface area contributed by atoms with E-state index in [1.54, 1.807) is 0 Å². The first kappa shape index (κ1) is 19.8. The van der Waals surface area contributed by atoms with Gasteiger partial charge in [-0.05, 0) is 61.8 Å². The molecule has 0 N–H and O–H groups in total. The number of hydrogen-bond donors (Lipinski definition) is 0. The Morgan fingerprint density at radius 1 is 1.04 bits per heavy atom. The molecule has 0 saturated carbocycles. The molecule has 3 nitrogen and oxygen atoms in total. The first-order chi connectivity index (χ1) is 13.1. The largest absolute Gasteiger partial charge is 0.494 e. The van der Waals surface area contributed by atoms with Gasteiger partial charge in [-0.1, -0.05) is 38.1 Å². The van der Waals surface area contributed by atoms with Crippen molar-refractivity contribution in [2.45, 2.75) is 52.6 Å². The van der Waals surface area contributed by atoms with Gasteiger partial charge in [-0.15, -0.1) is 0 Å². The fourth-order valence-corrected chi connectivity index (χ4v) is 3.99. The molecule has 27 heavy (non-hydrogen) atoms. The van der Waals surface area contributed by atoms with Crippen LogP contribution in [-0.2, 0) is 12.8 Å². The second kappa shape index (κ2) is 8.79. The number of nitrogens with zero attached hydrogens (tertiary/aromatic N) is 1. The van der Waals surface area contributed by atoms with Gasteiger partial charge in [0.25, 0.3) is 0 Å². The van der Waals surface area contributed by atoms with Crippen molar-refractivity contribution >= 4 is 0 Å². The maximum atomic E-state index is 6.64. The van der Waals surface area contributed by atoms with Crippen molar-refractivity contribution in [2.75, 3.05) is 26.2 Å². The summed E-state index contributed by atoms with van der Waals surface area (Å²) >= 11 is 0. The lowest BCUT2D eigenvalue weighted by Gasteiger charge is -2.32. The molecule has 1 aliphatic heterocycles. The average molecular weight is 368 g/mol. The molecule has 0 saturated heterocycles. The van der Waals surface area contributed by atoms with E-state index in [0.29, 0.717) is 6.61 Å². The SMILES string of the molecule is CCOc1ccc(CC2(CCN(CC)CC)Cc3ccc(C)cc3O2)cc1. The Morgan fingerprint density at radius 3 is 2.44 bits per heavy atom. The minimum absolute atomic E-state index is 0.161. The Labute approximate surface area is 164 Å². The van der Waals surface area contributed by atoms with E-state index in [1.807, 2.05) is 6.92 Å². The highest BCUT2D eigenvalue weighted by molar-refractivity contribution is 5.43. The van der Waals surface area contributed by atoms with E-state index >= 15 is 0 Å². The molecule has 2 aromatic carbocycles. The maximum absolute atomic E-state index is 6.64. The number of hydrogen-bond acceptors (Lipinski definition) is 3. The predicted octanol–water partition coefficient (Wildman–Crippen LogP) is 5.04. The number of benzene rings is 2. The Bertz CT molecular complexity index is 737. The van der Waals surface area contributed by atoms with E-state index in [1.165, 1.54) is 16.7 Å². The van der Waals surface area contributed by atoms with Crippen molar-refractivity contribution in [1.82, 2.24) is 4.90 Å². The third-order valence-electron chi connectivity index (χ3n) is 5.60. The first-order valence-electron chi connectivity index (χ1n) is 10.3. The summed E-state index contributed by atoms with van der Waals surface area (Å²) in [5.74, 6) is 2.00. The molecule has 0 spiro atoms. The fraction of sp³-hybridized carbons (Fsp3) is 0.500. The lowest BCUT2D eigenvalue weighted by atomic mass is 9.86. The van der Waals surface area contributed by atoms with Crippen molar-refractivity contribution < 1.29 is 9.47 Å². The maximum Gasteiger partial charge on any atom is 0.123 e. The lowest BCUT2D eigenvalue weighted by molar-refractivity contribution is 0.0712. The molecule has 0 bridgehead atoms. The molecule has 3 heteroatoms. The Morgan fingerprint density at radius 2 is 1.78 bits per heavy atom. The van der Waals surface area contributed by atoms with E-state index in [4.69, 9.17) is 9.47 Å². The van der Waals surface area contributed by atoms with Crippen LogP contribution in [0.5, 0.6) is 11.5 Å². The summed E-state index contributed by atoms with van der Waals surface area (Å²) in [6.07, 6.45) is 2.95. The van der Waals surface area contributed by atoms with Crippen LogP contribution in [0.2, 0.25) is 0 Å². The van der Waals surface area contributed by atoms with Crippen molar-refractivity contribution in [3.05, 3.63) is 59.2 Å². The molecule has 1 atom stereocenters. The average Bonchev–Trinajstić information content (AvgIpc) is 3.02. The van der Waals surface area contributed by atoms with Gasteiger partial charge < -0.3 is 14.4 Å². The minimum Gasteiger partial charge on any atom is -0.494 e. The van der Waals surface area contributed by atoms with E-state index < -0.39 is 0 Å². The highest BCUT2D eigenvalue weighted by Crippen LogP contribution is 2.40. The summed E-state index contributed by atoms with van der Waals surface area (Å²) in [7, 11) is 0. The summed E-state index contributed by atoms with van der Waals surface area (Å²) in [5.41, 5.74) is 3.74. The second-order valence-corrected chi connectivity index (χ2v) is 7.60. The summed E-state index contributed by atoms with van der Waals surface area (Å²) in [4.78, 5) is 2.48. The molecule has 0 aromatic heterocycles. The van der Waals surface area contributed by atoms with Gasteiger partial charge in [0.15, 0.2) is 0 Å². The highest BCUT2D eigenvalue weighted by Gasteiger charge is 2.39. The van der Waals surface area contributed by atoms with E-state index in [-0.39, 0.29) is 5.60 Å². The van der Waals surface area contributed by atoms with Crippen molar-refractivity contribution in [3.8, 4) is 11.5 Å². The second-order valence-electron chi connectivity index (χ2n) is 7.60. The van der Waals surface area contributed by atoms with Crippen molar-refractivity contribution in [2.24, 2.45) is 0 Å². The first-order valence-corrected chi connectivity index (χ1v) is 10.3. The molecule has 2 aromatic rings. The molecule has 146 valence electrons. The molecule has 0 amide bonds. The Kier molecular flexibility index (Phi) is 6.43. The predicted molar refractivity (Wildman–Crippen MR) is 112 cm³/mol. The quantitative estimate of drug-likeness (QED) is 0.619. The smallest absolute Gasteiger partial charge is 0.123 e. The standard InChI is InChI=1S/C24H33NO2/c1-5-25(6-2)15-14-24(17-20-9-12-22(13-10-20)26-7-3)18-21-11-8-19(4)16-23(21)27-24/h8-13,16H,5-7,14-15,17-18H2,1-4H3. The normalized spacial score (nSPS) is 18.4. The zero-order chi connectivity index (χ0) is 19.3. The highest BCUT2D eigenvalue weighted by atomic mass is 16.5. The third kappa shape index (κ3) is 4.84. The van der Waals surface area contributed by atoms with Crippen LogP contribution in [0.15, 0.2) is 42.5 Å². The third-order valence-corrected chi connectivity index (χ3v) is 5.60. The van der Waals surface area contributed by atoms with Crippen molar-refractivity contribution in [1.29, 1.82) is 0 Å². The van der Waals surface area contributed by atoms with Gasteiger partial charge in [0.2, 0.25) is 0 Å². The van der Waals surface area contributed by atoms with E-state index in [9.17, 15) is 0 Å². The van der Waals surface area contributed by atoms with Crippen LogP contribution in [-0.4, -0.2) is 36.7 Å². The number of aryl methyl sites for hydroxylation is 1. The van der Waals surface area contributed by atoms with Gasteiger partial charge in [-0.3, -0.25) is 0 Å². The topological polar surface area (TPSA) is 21.7 Å². The summed E-state index contributed by atoms with van der Waals surface area (Å²) in [5, 5.41) is 0. The molecule has 0 fully saturated rings. The van der Waals surface area contributed by atoms with Gasteiger partial charge in [-0.2, -0.15) is 0 Å². The number of ether oxygens (including phenoxy) is 2. The number of rotatable bonds is 9. The Balaban J connectivity index is 1.80. The monoisotopic (exact) mass is 367 g/mol. The van der Waals surface area contributed by atoms with Gasteiger partial charge in [0, 0.05) is 25.8 Å². The van der Waals surface area contributed by atoms with Crippen LogP contribution >= 0.6 is 0 Å². The van der Waals surface area contributed by atoms with E-state index in [2.05, 4.69) is 68.1 Å². The Hall–Kier alpha value is -2.00. The summed E-state index contributed by atoms with van der Waals surface area (Å²) in [6, 6.07) is 15.1. The number of fused-ring (bicyclic) bond motifs is 1. The lowest BCUT2D eigenvalue weighted by Crippen LogP contribution is -2.41. The van der Waals surface area contributed by atoms with Crippen LogP contribution < -0.4 is 9.47 Å². The molecule has 3 rings (SSSR count). The molecular formula is C24H33NO2. The molecule has 1 unspecified atom stereocenters. The van der Waals surface area contributed by atoms with Gasteiger partial charge >= 0.3 is 0 Å². The van der Waals surface area contributed by atoms with E-state index in [0.717, 1.165) is 50.4 Å². The fourth-order valence-electron chi connectivity index (χ4n) is 3.99. The van der Waals surface area contributed by atoms with Crippen LogP contribution in [0.1, 0.15) is 43.9 Å².